The monoisotopic (exact) mass is 512 g/mol. The lowest BCUT2D eigenvalue weighted by atomic mass is 9.92. The number of likely N-dealkylation sites (N-methyl/N-ethyl adjacent to an activating group) is 1. The Morgan fingerprint density at radius 1 is 0.947 bits per heavy atom. The Hall–Kier alpha value is -3.95. The number of aromatic nitrogens is 1. The van der Waals surface area contributed by atoms with E-state index in [-0.39, 0.29) is 0 Å². The smallest absolute Gasteiger partial charge is 0.260 e. The number of amides is 2. The molecule has 2 aromatic heterocycles. The average molecular weight is 513 g/mol. The second kappa shape index (κ2) is 10.4. The van der Waals surface area contributed by atoms with Crippen molar-refractivity contribution in [2.45, 2.75) is 19.4 Å². The van der Waals surface area contributed by atoms with Gasteiger partial charge in [0, 0.05) is 49.1 Å². The SMILES string of the molecule is CN1CCN(c2ccc(NC=C3C(=O)NC(=O)c4ccc(-c5coc(CN6CCCC6)c5)cc43)nc2)CC1. The maximum absolute atomic E-state index is 12.8. The van der Waals surface area contributed by atoms with E-state index < -0.39 is 11.8 Å². The Bertz CT molecular complexity index is 1370. The molecule has 0 radical (unpaired) electrons. The molecule has 9 nitrogen and oxygen atoms in total. The first-order chi connectivity index (χ1) is 18.5. The van der Waals surface area contributed by atoms with E-state index in [1.807, 2.05) is 36.5 Å². The van der Waals surface area contributed by atoms with E-state index in [2.05, 4.69) is 37.4 Å². The number of furan rings is 1. The Morgan fingerprint density at radius 2 is 1.76 bits per heavy atom. The van der Waals surface area contributed by atoms with Crippen LogP contribution in [0.2, 0.25) is 0 Å². The molecular weight excluding hydrogens is 480 g/mol. The van der Waals surface area contributed by atoms with Crippen LogP contribution in [0.5, 0.6) is 0 Å². The van der Waals surface area contributed by atoms with Gasteiger partial charge < -0.3 is 19.5 Å². The summed E-state index contributed by atoms with van der Waals surface area (Å²) in [6.45, 7) is 6.99. The molecule has 6 rings (SSSR count). The first-order valence-electron chi connectivity index (χ1n) is 13.2. The van der Waals surface area contributed by atoms with Crippen molar-refractivity contribution < 1.29 is 14.0 Å². The summed E-state index contributed by atoms with van der Waals surface area (Å²) in [7, 11) is 2.13. The third kappa shape index (κ3) is 5.07. The van der Waals surface area contributed by atoms with Gasteiger partial charge in [-0.3, -0.25) is 19.8 Å². The van der Waals surface area contributed by atoms with E-state index in [1.54, 1.807) is 18.5 Å². The molecule has 0 atom stereocenters. The second-order valence-electron chi connectivity index (χ2n) is 10.2. The number of piperazine rings is 1. The third-order valence-electron chi connectivity index (χ3n) is 7.57. The topological polar surface area (TPSA) is 94.0 Å². The molecule has 3 aliphatic heterocycles. The van der Waals surface area contributed by atoms with Crippen LogP contribution in [0.15, 0.2) is 59.5 Å². The number of benzene rings is 1. The summed E-state index contributed by atoms with van der Waals surface area (Å²) in [5, 5.41) is 5.59. The van der Waals surface area contributed by atoms with Gasteiger partial charge in [0.1, 0.15) is 11.6 Å². The summed E-state index contributed by atoms with van der Waals surface area (Å²) in [4.78, 5) is 36.9. The fraction of sp³-hybridized carbons (Fsp3) is 0.345. The number of carbonyl (C=O) groups is 2. The third-order valence-corrected chi connectivity index (χ3v) is 7.57. The fourth-order valence-electron chi connectivity index (χ4n) is 5.29. The predicted octanol–water partition coefficient (Wildman–Crippen LogP) is 3.41. The van der Waals surface area contributed by atoms with Gasteiger partial charge in [-0.15, -0.1) is 0 Å². The molecule has 2 N–H and O–H groups in total. The molecule has 0 saturated carbocycles. The van der Waals surface area contributed by atoms with Crippen LogP contribution in [0.4, 0.5) is 11.5 Å². The van der Waals surface area contributed by atoms with Crippen LogP contribution in [0, 0.1) is 0 Å². The highest BCUT2D eigenvalue weighted by molar-refractivity contribution is 6.31. The van der Waals surface area contributed by atoms with E-state index in [0.29, 0.717) is 22.5 Å². The number of fused-ring (bicyclic) bond motifs is 1. The normalized spacial score (nSPS) is 19.6. The van der Waals surface area contributed by atoms with E-state index in [9.17, 15) is 9.59 Å². The highest BCUT2D eigenvalue weighted by atomic mass is 16.3. The highest BCUT2D eigenvalue weighted by Crippen LogP contribution is 2.31. The number of nitrogens with zero attached hydrogens (tertiary/aromatic N) is 4. The van der Waals surface area contributed by atoms with E-state index in [1.165, 1.54) is 12.8 Å². The molecule has 0 bridgehead atoms. The molecule has 0 spiro atoms. The summed E-state index contributed by atoms with van der Waals surface area (Å²) < 4.78 is 5.83. The lowest BCUT2D eigenvalue weighted by Crippen LogP contribution is -2.44. The minimum absolute atomic E-state index is 0.382. The summed E-state index contributed by atoms with van der Waals surface area (Å²) in [6.07, 6.45) is 7.67. The number of nitrogens with one attached hydrogen (secondary N) is 2. The number of hydrogen-bond donors (Lipinski definition) is 2. The van der Waals surface area contributed by atoms with Gasteiger partial charge in [-0.05, 0) is 68.9 Å². The van der Waals surface area contributed by atoms with Crippen LogP contribution in [0.1, 0.15) is 34.5 Å². The Morgan fingerprint density at radius 3 is 2.53 bits per heavy atom. The van der Waals surface area contributed by atoms with Gasteiger partial charge in [0.2, 0.25) is 0 Å². The van der Waals surface area contributed by atoms with Crippen molar-refractivity contribution in [2.75, 3.05) is 56.5 Å². The van der Waals surface area contributed by atoms with Crippen molar-refractivity contribution in [1.82, 2.24) is 20.1 Å². The minimum Gasteiger partial charge on any atom is -0.467 e. The molecule has 9 heteroatoms. The van der Waals surface area contributed by atoms with Gasteiger partial charge in [0.05, 0.1) is 30.3 Å². The standard InChI is InChI=1S/C29H32N6O3/c1-33-10-12-35(13-11-33)22-5-7-27(30-16-22)31-17-26-25-15-20(4-6-24(25)28(36)32-29(26)37)21-14-23(38-19-21)18-34-8-2-3-9-34/h4-7,14-17,19H,2-3,8-13,18H2,1H3,(H,30,31)(H,32,36,37). The average Bonchev–Trinajstić information content (AvgIpc) is 3.62. The quantitative estimate of drug-likeness (QED) is 0.383. The first kappa shape index (κ1) is 24.4. The lowest BCUT2D eigenvalue weighted by molar-refractivity contribution is -0.114. The van der Waals surface area contributed by atoms with E-state index >= 15 is 0 Å². The van der Waals surface area contributed by atoms with Crippen LogP contribution in [0.3, 0.4) is 0 Å². The molecule has 2 fully saturated rings. The largest absolute Gasteiger partial charge is 0.467 e. The Labute approximate surface area is 222 Å². The molecule has 38 heavy (non-hydrogen) atoms. The highest BCUT2D eigenvalue weighted by Gasteiger charge is 2.28. The molecular formula is C29H32N6O3. The second-order valence-corrected chi connectivity index (χ2v) is 10.2. The van der Waals surface area contributed by atoms with Crippen LogP contribution in [-0.2, 0) is 11.3 Å². The van der Waals surface area contributed by atoms with Gasteiger partial charge >= 0.3 is 0 Å². The number of imide groups is 1. The minimum atomic E-state index is -0.442. The molecule has 196 valence electrons. The summed E-state index contributed by atoms with van der Waals surface area (Å²) in [5.41, 5.74) is 4.32. The van der Waals surface area contributed by atoms with Gasteiger partial charge in [-0.1, -0.05) is 6.07 Å². The number of rotatable bonds is 6. The Balaban J connectivity index is 1.22. The van der Waals surface area contributed by atoms with Crippen LogP contribution >= 0.6 is 0 Å². The van der Waals surface area contributed by atoms with Crippen molar-refractivity contribution >= 4 is 28.9 Å². The van der Waals surface area contributed by atoms with Crippen molar-refractivity contribution in [1.29, 1.82) is 0 Å². The van der Waals surface area contributed by atoms with Gasteiger partial charge in [-0.25, -0.2) is 4.98 Å². The first-order valence-corrected chi connectivity index (χ1v) is 13.2. The van der Waals surface area contributed by atoms with Crippen molar-refractivity contribution in [2.24, 2.45) is 0 Å². The summed E-state index contributed by atoms with van der Waals surface area (Å²) in [6, 6.07) is 11.5. The predicted molar refractivity (Wildman–Crippen MR) is 147 cm³/mol. The zero-order valence-corrected chi connectivity index (χ0v) is 21.6. The van der Waals surface area contributed by atoms with Crippen molar-refractivity contribution in [3.8, 4) is 11.1 Å². The van der Waals surface area contributed by atoms with Crippen LogP contribution in [0.25, 0.3) is 16.7 Å². The van der Waals surface area contributed by atoms with Crippen LogP contribution < -0.4 is 15.5 Å². The molecule has 5 heterocycles. The van der Waals surface area contributed by atoms with Gasteiger partial charge in [-0.2, -0.15) is 0 Å². The zero-order chi connectivity index (χ0) is 26.1. The summed E-state index contributed by atoms with van der Waals surface area (Å²) in [5.74, 6) is 0.699. The van der Waals surface area contributed by atoms with Crippen molar-refractivity contribution in [3.05, 3.63) is 71.9 Å². The maximum atomic E-state index is 12.8. The number of likely N-dealkylation sites (tertiary alicyclic amines) is 1. The zero-order valence-electron chi connectivity index (χ0n) is 21.6. The number of hydrogen-bond acceptors (Lipinski definition) is 8. The maximum Gasteiger partial charge on any atom is 0.260 e. The number of carbonyl (C=O) groups excluding carboxylic acids is 2. The molecule has 2 saturated heterocycles. The Kier molecular flexibility index (Phi) is 6.70. The van der Waals surface area contributed by atoms with Gasteiger partial charge in [0.15, 0.2) is 0 Å². The van der Waals surface area contributed by atoms with E-state index in [0.717, 1.165) is 68.4 Å². The van der Waals surface area contributed by atoms with E-state index in [4.69, 9.17) is 4.42 Å². The van der Waals surface area contributed by atoms with Gasteiger partial charge in [0.25, 0.3) is 11.8 Å². The molecule has 0 unspecified atom stereocenters. The molecule has 0 aliphatic carbocycles. The lowest BCUT2D eigenvalue weighted by Gasteiger charge is -2.33. The molecule has 1 aromatic carbocycles. The van der Waals surface area contributed by atoms with Crippen LogP contribution in [-0.4, -0.2) is 72.9 Å². The fourth-order valence-corrected chi connectivity index (χ4v) is 5.29. The van der Waals surface area contributed by atoms with Crippen molar-refractivity contribution in [3.63, 3.8) is 0 Å². The number of anilines is 2. The number of pyridine rings is 1. The molecule has 2 amide bonds. The molecule has 3 aromatic rings. The molecule has 3 aliphatic rings. The summed E-state index contributed by atoms with van der Waals surface area (Å²) >= 11 is 0.